The van der Waals surface area contributed by atoms with E-state index in [1.807, 2.05) is 6.92 Å². The minimum absolute atomic E-state index is 0.469. The van der Waals surface area contributed by atoms with Gasteiger partial charge in [0.1, 0.15) is 0 Å². The SMILES string of the molecule is CCCCCCCOP(=O)(CCCC)OCC. The summed E-state index contributed by atoms with van der Waals surface area (Å²) in [6, 6.07) is 0. The van der Waals surface area contributed by atoms with Crippen molar-refractivity contribution >= 4 is 7.60 Å². The van der Waals surface area contributed by atoms with Crippen LogP contribution in [0.1, 0.15) is 65.7 Å². The molecular formula is C13H29O3P. The van der Waals surface area contributed by atoms with Crippen LogP contribution in [-0.2, 0) is 13.6 Å². The van der Waals surface area contributed by atoms with Gasteiger partial charge in [-0.2, -0.15) is 0 Å². The van der Waals surface area contributed by atoms with Crippen molar-refractivity contribution in [2.24, 2.45) is 0 Å². The quantitative estimate of drug-likeness (QED) is 0.367. The normalized spacial score (nSPS) is 14.8. The fraction of sp³-hybridized carbons (Fsp3) is 1.00. The Morgan fingerprint density at radius 3 is 2.06 bits per heavy atom. The van der Waals surface area contributed by atoms with Crippen molar-refractivity contribution in [3.8, 4) is 0 Å². The van der Waals surface area contributed by atoms with Crippen LogP contribution in [0, 0.1) is 0 Å². The van der Waals surface area contributed by atoms with Gasteiger partial charge < -0.3 is 9.05 Å². The van der Waals surface area contributed by atoms with Crippen molar-refractivity contribution < 1.29 is 13.6 Å². The Kier molecular flexibility index (Phi) is 11.4. The van der Waals surface area contributed by atoms with Crippen molar-refractivity contribution in [3.63, 3.8) is 0 Å². The van der Waals surface area contributed by atoms with Crippen LogP contribution in [0.2, 0.25) is 0 Å². The molecule has 0 radical (unpaired) electrons. The van der Waals surface area contributed by atoms with Crippen molar-refractivity contribution in [1.82, 2.24) is 0 Å². The Balaban J connectivity index is 3.72. The lowest BCUT2D eigenvalue weighted by Gasteiger charge is -2.17. The maximum atomic E-state index is 12.2. The molecule has 0 aromatic carbocycles. The first kappa shape index (κ1) is 17.2. The van der Waals surface area contributed by atoms with Gasteiger partial charge in [-0.3, -0.25) is 4.57 Å². The highest BCUT2D eigenvalue weighted by atomic mass is 31.2. The van der Waals surface area contributed by atoms with Crippen LogP contribution in [0.5, 0.6) is 0 Å². The third-order valence-electron chi connectivity index (χ3n) is 2.65. The molecule has 0 aromatic rings. The highest BCUT2D eigenvalue weighted by Gasteiger charge is 2.22. The maximum absolute atomic E-state index is 12.2. The zero-order valence-electron chi connectivity index (χ0n) is 11.7. The molecule has 3 nitrogen and oxygen atoms in total. The number of rotatable bonds is 12. The molecule has 17 heavy (non-hydrogen) atoms. The molecule has 0 aliphatic heterocycles. The van der Waals surface area contributed by atoms with E-state index in [2.05, 4.69) is 13.8 Å². The van der Waals surface area contributed by atoms with Crippen molar-refractivity contribution in [2.45, 2.75) is 65.7 Å². The summed E-state index contributed by atoms with van der Waals surface area (Å²) in [4.78, 5) is 0. The lowest BCUT2D eigenvalue weighted by Crippen LogP contribution is -2.01. The van der Waals surface area contributed by atoms with Gasteiger partial charge in [-0.05, 0) is 19.8 Å². The summed E-state index contributed by atoms with van der Waals surface area (Å²) >= 11 is 0. The molecule has 0 N–H and O–H groups in total. The summed E-state index contributed by atoms with van der Waals surface area (Å²) in [5.41, 5.74) is 0. The summed E-state index contributed by atoms with van der Waals surface area (Å²) in [6.45, 7) is 7.19. The molecule has 0 fully saturated rings. The van der Waals surface area contributed by atoms with E-state index >= 15 is 0 Å². The van der Waals surface area contributed by atoms with Crippen molar-refractivity contribution in [1.29, 1.82) is 0 Å². The monoisotopic (exact) mass is 264 g/mol. The predicted molar refractivity (Wildman–Crippen MR) is 73.7 cm³/mol. The lowest BCUT2D eigenvalue weighted by molar-refractivity contribution is 0.207. The fourth-order valence-electron chi connectivity index (χ4n) is 1.62. The first-order valence-electron chi connectivity index (χ1n) is 7.06. The smallest absolute Gasteiger partial charge is 0.309 e. The highest BCUT2D eigenvalue weighted by Crippen LogP contribution is 2.48. The van der Waals surface area contributed by atoms with Gasteiger partial charge in [-0.1, -0.05) is 46.0 Å². The largest absolute Gasteiger partial charge is 0.330 e. The van der Waals surface area contributed by atoms with Crippen LogP contribution in [0.25, 0.3) is 0 Å². The summed E-state index contributed by atoms with van der Waals surface area (Å²) < 4.78 is 23.0. The van der Waals surface area contributed by atoms with Crippen LogP contribution in [0.4, 0.5) is 0 Å². The second kappa shape index (κ2) is 11.3. The topological polar surface area (TPSA) is 35.5 Å². The third-order valence-corrected chi connectivity index (χ3v) is 4.74. The van der Waals surface area contributed by atoms with Gasteiger partial charge in [0.25, 0.3) is 0 Å². The van der Waals surface area contributed by atoms with E-state index < -0.39 is 7.60 Å². The maximum Gasteiger partial charge on any atom is 0.330 e. The number of unbranched alkanes of at least 4 members (excludes halogenated alkanes) is 5. The van der Waals surface area contributed by atoms with E-state index in [0.29, 0.717) is 19.4 Å². The van der Waals surface area contributed by atoms with E-state index in [1.165, 1.54) is 19.3 Å². The van der Waals surface area contributed by atoms with E-state index in [-0.39, 0.29) is 0 Å². The Morgan fingerprint density at radius 2 is 1.47 bits per heavy atom. The molecule has 0 saturated carbocycles. The molecule has 1 unspecified atom stereocenters. The molecule has 0 aromatic heterocycles. The Hall–Kier alpha value is 0.150. The molecule has 0 heterocycles. The van der Waals surface area contributed by atoms with Gasteiger partial charge in [0.05, 0.1) is 19.4 Å². The van der Waals surface area contributed by atoms with E-state index in [0.717, 1.165) is 25.7 Å². The Morgan fingerprint density at radius 1 is 0.824 bits per heavy atom. The minimum atomic E-state index is -2.79. The van der Waals surface area contributed by atoms with Crippen molar-refractivity contribution in [2.75, 3.05) is 19.4 Å². The van der Waals surface area contributed by atoms with Crippen LogP contribution in [0.15, 0.2) is 0 Å². The molecule has 0 rings (SSSR count). The summed E-state index contributed by atoms with van der Waals surface area (Å²) in [6.07, 6.45) is 8.41. The second-order valence-electron chi connectivity index (χ2n) is 4.35. The summed E-state index contributed by atoms with van der Waals surface area (Å²) in [5, 5.41) is 0. The van der Waals surface area contributed by atoms with Gasteiger partial charge in [-0.15, -0.1) is 0 Å². The lowest BCUT2D eigenvalue weighted by atomic mass is 10.2. The molecule has 0 bridgehead atoms. The molecule has 0 spiro atoms. The average Bonchev–Trinajstić information content (AvgIpc) is 2.32. The summed E-state index contributed by atoms with van der Waals surface area (Å²) in [7, 11) is -2.79. The molecule has 0 aliphatic carbocycles. The molecule has 104 valence electrons. The molecule has 0 aliphatic rings. The molecular weight excluding hydrogens is 235 g/mol. The minimum Gasteiger partial charge on any atom is -0.309 e. The van der Waals surface area contributed by atoms with Crippen LogP contribution < -0.4 is 0 Å². The van der Waals surface area contributed by atoms with Gasteiger partial charge in [-0.25, -0.2) is 0 Å². The standard InChI is InChI=1S/C13H29O3P/c1-4-7-9-10-11-12-16-17(14,15-6-3)13-8-5-2/h4-13H2,1-3H3. The fourth-order valence-corrected chi connectivity index (χ4v) is 3.46. The van der Waals surface area contributed by atoms with E-state index in [9.17, 15) is 4.57 Å². The van der Waals surface area contributed by atoms with E-state index in [1.54, 1.807) is 0 Å². The average molecular weight is 264 g/mol. The first-order chi connectivity index (χ1) is 8.18. The molecule has 0 amide bonds. The van der Waals surface area contributed by atoms with Crippen LogP contribution in [0.3, 0.4) is 0 Å². The Labute approximate surface area is 107 Å². The van der Waals surface area contributed by atoms with E-state index in [4.69, 9.17) is 9.05 Å². The molecule has 0 saturated heterocycles. The second-order valence-corrected chi connectivity index (χ2v) is 6.54. The zero-order chi connectivity index (χ0) is 13.0. The van der Waals surface area contributed by atoms with Gasteiger partial charge in [0.15, 0.2) is 0 Å². The van der Waals surface area contributed by atoms with Gasteiger partial charge in [0, 0.05) is 0 Å². The Bertz CT molecular complexity index is 207. The van der Waals surface area contributed by atoms with Gasteiger partial charge >= 0.3 is 7.60 Å². The van der Waals surface area contributed by atoms with Crippen LogP contribution in [-0.4, -0.2) is 19.4 Å². The number of hydrogen-bond donors (Lipinski definition) is 0. The number of hydrogen-bond acceptors (Lipinski definition) is 3. The zero-order valence-corrected chi connectivity index (χ0v) is 12.6. The van der Waals surface area contributed by atoms with Crippen LogP contribution >= 0.6 is 7.60 Å². The third kappa shape index (κ3) is 9.82. The summed E-state index contributed by atoms with van der Waals surface area (Å²) in [5.74, 6) is 0. The molecule has 1 atom stereocenters. The highest BCUT2D eigenvalue weighted by molar-refractivity contribution is 7.53. The predicted octanol–water partition coefficient (Wildman–Crippen LogP) is 5.00. The van der Waals surface area contributed by atoms with Gasteiger partial charge in [0.2, 0.25) is 0 Å². The van der Waals surface area contributed by atoms with Crippen molar-refractivity contribution in [3.05, 3.63) is 0 Å². The first-order valence-corrected chi connectivity index (χ1v) is 8.79. The molecule has 4 heteroatoms.